The van der Waals surface area contributed by atoms with Gasteiger partial charge in [-0.1, -0.05) is 64.5 Å². The van der Waals surface area contributed by atoms with Gasteiger partial charge in [-0.05, 0) is 36.0 Å². The molecule has 0 amide bonds. The van der Waals surface area contributed by atoms with Gasteiger partial charge >= 0.3 is 0 Å². The second-order valence-electron chi connectivity index (χ2n) is 8.02. The van der Waals surface area contributed by atoms with Gasteiger partial charge < -0.3 is 0 Å². The zero-order valence-electron chi connectivity index (χ0n) is 12.7. The molecule has 2 unspecified atom stereocenters. The van der Waals surface area contributed by atoms with Crippen molar-refractivity contribution in [1.29, 1.82) is 0 Å². The van der Waals surface area contributed by atoms with Crippen LogP contribution in [0, 0.1) is 29.1 Å². The Labute approximate surface area is 117 Å². The summed E-state index contributed by atoms with van der Waals surface area (Å²) in [4.78, 5) is 0. The summed E-state index contributed by atoms with van der Waals surface area (Å²) in [6.07, 6.45) is 8.12. The van der Waals surface area contributed by atoms with Crippen LogP contribution in [-0.2, 0) is 0 Å². The minimum atomic E-state index is -0.520. The third-order valence-electron chi connectivity index (χ3n) is 6.04. The van der Waals surface area contributed by atoms with Crippen molar-refractivity contribution in [3.63, 3.8) is 0 Å². The van der Waals surface area contributed by atoms with Crippen LogP contribution in [-0.4, -0.2) is 15.7 Å². The lowest BCUT2D eigenvalue weighted by Crippen LogP contribution is -2.42. The van der Waals surface area contributed by atoms with Crippen molar-refractivity contribution in [2.45, 2.75) is 71.4 Å². The molecule has 0 nitrogen and oxygen atoms in total. The topological polar surface area (TPSA) is 0 Å². The quantitative estimate of drug-likeness (QED) is 0.600. The average Bonchev–Trinajstić information content (AvgIpc) is 2.36. The lowest BCUT2D eigenvalue weighted by molar-refractivity contribution is 0.0844. The maximum absolute atomic E-state index is 6.55. The molecule has 2 heteroatoms. The number of hydrogen-bond acceptors (Lipinski definition) is 0. The fourth-order valence-electron chi connectivity index (χ4n) is 4.22. The van der Waals surface area contributed by atoms with E-state index < -0.39 is 5.21 Å². The lowest BCUT2D eigenvalue weighted by Gasteiger charge is -2.52. The highest BCUT2D eigenvalue weighted by Gasteiger charge is 2.45. The van der Waals surface area contributed by atoms with Gasteiger partial charge in [0.1, 0.15) is 0 Å². The SMILES string of the molecule is [B]C([B])(C1CC2CCCCC(C1)C2C)C(C)(C)C. The van der Waals surface area contributed by atoms with Crippen LogP contribution in [0.1, 0.15) is 66.2 Å². The summed E-state index contributed by atoms with van der Waals surface area (Å²) in [6, 6.07) is 0. The summed E-state index contributed by atoms with van der Waals surface area (Å²) < 4.78 is 0. The Hall–Kier alpha value is 0.130. The van der Waals surface area contributed by atoms with E-state index >= 15 is 0 Å². The summed E-state index contributed by atoms with van der Waals surface area (Å²) >= 11 is 0. The summed E-state index contributed by atoms with van der Waals surface area (Å²) in [5.41, 5.74) is -0.0125. The van der Waals surface area contributed by atoms with Crippen molar-refractivity contribution in [2.75, 3.05) is 0 Å². The molecule has 18 heavy (non-hydrogen) atoms. The molecule has 0 heterocycles. The van der Waals surface area contributed by atoms with Gasteiger partial charge in [0.05, 0.1) is 15.7 Å². The molecule has 4 radical (unpaired) electrons. The Morgan fingerprint density at radius 2 is 1.33 bits per heavy atom. The van der Waals surface area contributed by atoms with Gasteiger partial charge in [0.25, 0.3) is 0 Å². The molecular formula is C16H28B2. The lowest BCUT2D eigenvalue weighted by atomic mass is 9.36. The first-order chi connectivity index (χ1) is 8.23. The Morgan fingerprint density at radius 1 is 0.889 bits per heavy atom. The molecule has 0 saturated heterocycles. The van der Waals surface area contributed by atoms with E-state index in [0.29, 0.717) is 5.92 Å². The van der Waals surface area contributed by atoms with E-state index in [1.54, 1.807) is 0 Å². The van der Waals surface area contributed by atoms with Gasteiger partial charge in [0.2, 0.25) is 0 Å². The summed E-state index contributed by atoms with van der Waals surface area (Å²) in [5.74, 6) is 3.12. The molecule has 0 aliphatic heterocycles. The molecule has 2 atom stereocenters. The molecule has 2 aliphatic rings. The molecule has 98 valence electrons. The Bertz CT molecular complexity index is 274. The number of hydrogen-bond donors (Lipinski definition) is 0. The smallest absolute Gasteiger partial charge is 0.0631 e. The molecule has 2 fully saturated rings. The second-order valence-corrected chi connectivity index (χ2v) is 8.02. The molecule has 0 spiro atoms. The molecule has 0 aromatic carbocycles. The van der Waals surface area contributed by atoms with Crippen molar-refractivity contribution >= 4 is 15.7 Å². The minimum absolute atomic E-state index is 0.0125. The Kier molecular flexibility index (Phi) is 3.96. The Balaban J connectivity index is 2.17. The van der Waals surface area contributed by atoms with Gasteiger partial charge in [-0.2, -0.15) is 0 Å². The number of fused-ring (bicyclic) bond motifs is 2. The van der Waals surface area contributed by atoms with Crippen LogP contribution in [0.15, 0.2) is 0 Å². The maximum Gasteiger partial charge on any atom is 0.0631 e. The van der Waals surface area contributed by atoms with Crippen LogP contribution >= 0.6 is 0 Å². The highest BCUT2D eigenvalue weighted by atomic mass is 14.5. The van der Waals surface area contributed by atoms with Crippen LogP contribution in [0.5, 0.6) is 0 Å². The summed E-state index contributed by atoms with van der Waals surface area (Å²) in [6.45, 7) is 9.03. The van der Waals surface area contributed by atoms with Gasteiger partial charge in [-0.25, -0.2) is 0 Å². The molecule has 0 aromatic rings. The van der Waals surface area contributed by atoms with Crippen molar-refractivity contribution < 1.29 is 0 Å². The standard InChI is InChI=1S/C16H28B2/c1-11-12-7-5-6-8-13(11)10-14(9-12)16(17,18)15(2,3)4/h11-14H,5-10H2,1-4H3. The first kappa shape index (κ1) is 14.5. The van der Waals surface area contributed by atoms with Crippen LogP contribution in [0.3, 0.4) is 0 Å². The van der Waals surface area contributed by atoms with E-state index in [9.17, 15) is 0 Å². The van der Waals surface area contributed by atoms with Crippen molar-refractivity contribution in [1.82, 2.24) is 0 Å². The van der Waals surface area contributed by atoms with Crippen molar-refractivity contribution in [3.05, 3.63) is 0 Å². The fraction of sp³-hybridized carbons (Fsp3) is 1.00. The Morgan fingerprint density at radius 3 is 1.72 bits per heavy atom. The zero-order chi connectivity index (χ0) is 13.6. The van der Waals surface area contributed by atoms with Crippen LogP contribution in [0.2, 0.25) is 5.21 Å². The zero-order valence-corrected chi connectivity index (χ0v) is 12.7. The van der Waals surface area contributed by atoms with Gasteiger partial charge in [0.15, 0.2) is 0 Å². The first-order valence-corrected chi connectivity index (χ1v) is 7.81. The fourth-order valence-corrected chi connectivity index (χ4v) is 4.22. The van der Waals surface area contributed by atoms with E-state index in [1.807, 2.05) is 0 Å². The number of rotatable bonds is 1. The predicted octanol–water partition coefficient (Wildman–Crippen LogP) is 4.34. The molecule has 0 N–H and O–H groups in total. The van der Waals surface area contributed by atoms with E-state index in [-0.39, 0.29) is 5.41 Å². The highest BCUT2D eigenvalue weighted by Crippen LogP contribution is 2.56. The van der Waals surface area contributed by atoms with Crippen molar-refractivity contribution in [2.24, 2.45) is 29.1 Å². The van der Waals surface area contributed by atoms with Crippen molar-refractivity contribution in [3.8, 4) is 0 Å². The molecule has 2 rings (SSSR count). The van der Waals surface area contributed by atoms with Crippen LogP contribution in [0.25, 0.3) is 0 Å². The van der Waals surface area contributed by atoms with E-state index in [2.05, 4.69) is 27.7 Å². The minimum Gasteiger partial charge on any atom is -0.0916 e. The summed E-state index contributed by atoms with van der Waals surface area (Å²) in [5, 5.41) is -0.520. The molecule has 0 aromatic heterocycles. The van der Waals surface area contributed by atoms with E-state index in [0.717, 1.165) is 17.8 Å². The summed E-state index contributed by atoms with van der Waals surface area (Å²) in [7, 11) is 13.1. The molecular weight excluding hydrogens is 214 g/mol. The molecule has 2 saturated carbocycles. The highest BCUT2D eigenvalue weighted by molar-refractivity contribution is 6.40. The predicted molar refractivity (Wildman–Crippen MR) is 81.0 cm³/mol. The van der Waals surface area contributed by atoms with Crippen LogP contribution in [0.4, 0.5) is 0 Å². The average molecular weight is 242 g/mol. The first-order valence-electron chi connectivity index (χ1n) is 7.81. The van der Waals surface area contributed by atoms with Gasteiger partial charge in [-0.3, -0.25) is 0 Å². The molecule has 2 bridgehead atoms. The molecule has 2 aliphatic carbocycles. The van der Waals surface area contributed by atoms with E-state index in [4.69, 9.17) is 15.7 Å². The van der Waals surface area contributed by atoms with Gasteiger partial charge in [0, 0.05) is 0 Å². The van der Waals surface area contributed by atoms with Gasteiger partial charge in [-0.15, -0.1) is 0 Å². The third kappa shape index (κ3) is 2.54. The van der Waals surface area contributed by atoms with E-state index in [1.165, 1.54) is 38.5 Å². The van der Waals surface area contributed by atoms with Crippen LogP contribution < -0.4 is 0 Å². The normalized spacial score (nSPS) is 38.2. The monoisotopic (exact) mass is 242 g/mol. The maximum atomic E-state index is 6.55. The third-order valence-corrected chi connectivity index (χ3v) is 6.04. The second kappa shape index (κ2) is 4.91. The largest absolute Gasteiger partial charge is 0.0916 e.